The molecule has 2 heterocycles. The maximum Gasteiger partial charge on any atom is 0.133 e. The predicted octanol–water partition coefficient (Wildman–Crippen LogP) is 3.74. The topological polar surface area (TPSA) is 49.2 Å². The molecule has 1 aromatic carbocycles. The molecule has 0 unspecified atom stereocenters. The summed E-state index contributed by atoms with van der Waals surface area (Å²) >= 11 is 5.94. The van der Waals surface area contributed by atoms with Crippen molar-refractivity contribution in [2.24, 2.45) is 0 Å². The summed E-state index contributed by atoms with van der Waals surface area (Å²) in [5.41, 5.74) is 0.154. The second-order valence-corrected chi connectivity index (χ2v) is 6.89. The molecule has 2 aromatic rings. The van der Waals surface area contributed by atoms with Crippen molar-refractivity contribution in [2.45, 2.75) is 38.2 Å². The van der Waals surface area contributed by atoms with Gasteiger partial charge in [-0.3, -0.25) is 0 Å². The molecule has 1 aromatic heterocycles. The van der Waals surface area contributed by atoms with Crippen LogP contribution in [0.15, 0.2) is 36.5 Å². The molecule has 1 saturated heterocycles. The Hall–Kier alpha value is -1.65. The summed E-state index contributed by atoms with van der Waals surface area (Å²) in [7, 11) is 0. The van der Waals surface area contributed by atoms with Gasteiger partial charge in [0.15, 0.2) is 0 Å². The van der Waals surface area contributed by atoms with E-state index in [-0.39, 0.29) is 0 Å². The van der Waals surface area contributed by atoms with Gasteiger partial charge in [0.05, 0.1) is 5.60 Å². The van der Waals surface area contributed by atoms with Crippen molar-refractivity contribution in [3.63, 3.8) is 0 Å². The molecule has 4 nitrogen and oxygen atoms in total. The van der Waals surface area contributed by atoms with Crippen LogP contribution >= 0.6 is 11.6 Å². The number of halogens is 1. The van der Waals surface area contributed by atoms with Crippen molar-refractivity contribution in [1.82, 2.24) is 9.97 Å². The summed E-state index contributed by atoms with van der Waals surface area (Å²) in [5.74, 6) is 2.12. The molecule has 3 rings (SSSR count). The number of nitrogens with zero attached hydrogens (tertiary/aromatic N) is 3. The summed E-state index contributed by atoms with van der Waals surface area (Å²) in [4.78, 5) is 11.2. The first-order valence-corrected chi connectivity index (χ1v) is 8.42. The van der Waals surface area contributed by atoms with Gasteiger partial charge in [-0.05, 0) is 36.6 Å². The molecule has 1 aliphatic rings. The summed E-state index contributed by atoms with van der Waals surface area (Å²) in [5, 5.41) is 11.6. The molecular formula is C18H22ClN3O. The van der Waals surface area contributed by atoms with Gasteiger partial charge in [-0.25, -0.2) is 9.97 Å². The number of piperidine rings is 1. The van der Waals surface area contributed by atoms with E-state index in [1.165, 1.54) is 0 Å². The Bertz CT molecular complexity index is 664. The first kappa shape index (κ1) is 16.2. The van der Waals surface area contributed by atoms with Crippen molar-refractivity contribution in [2.75, 3.05) is 18.0 Å². The average Bonchev–Trinajstić information content (AvgIpc) is 2.56. The lowest BCUT2D eigenvalue weighted by molar-refractivity contribution is 0.0116. The predicted molar refractivity (Wildman–Crippen MR) is 92.9 cm³/mol. The summed E-state index contributed by atoms with van der Waals surface area (Å²) in [6, 6.07) is 9.44. The monoisotopic (exact) mass is 331 g/mol. The normalized spacial score (nSPS) is 17.5. The van der Waals surface area contributed by atoms with Gasteiger partial charge in [-0.2, -0.15) is 0 Å². The summed E-state index contributed by atoms with van der Waals surface area (Å²) in [6.07, 6.45) is 3.17. The first-order valence-electron chi connectivity index (χ1n) is 8.04. The number of aliphatic hydroxyl groups is 1. The molecule has 1 N–H and O–H groups in total. The van der Waals surface area contributed by atoms with Crippen LogP contribution in [0.5, 0.6) is 0 Å². The minimum atomic E-state index is -0.783. The Morgan fingerprint density at radius 2 is 1.78 bits per heavy atom. The molecule has 0 radical (unpaired) electrons. The summed E-state index contributed by atoms with van der Waals surface area (Å²) in [6.45, 7) is 5.73. The molecule has 0 aliphatic carbocycles. The molecule has 0 saturated carbocycles. The highest BCUT2D eigenvalue weighted by molar-refractivity contribution is 6.30. The second kappa shape index (κ2) is 6.46. The number of hydrogen-bond donors (Lipinski definition) is 1. The van der Waals surface area contributed by atoms with Gasteiger partial charge < -0.3 is 10.0 Å². The fourth-order valence-electron chi connectivity index (χ4n) is 2.97. The minimum absolute atomic E-state index is 0.311. The van der Waals surface area contributed by atoms with E-state index in [9.17, 15) is 5.11 Å². The Balaban J connectivity index is 1.73. The summed E-state index contributed by atoms with van der Waals surface area (Å²) < 4.78 is 0. The van der Waals surface area contributed by atoms with Crippen LogP contribution < -0.4 is 4.90 Å². The third-order valence-corrected chi connectivity index (χ3v) is 4.72. The third kappa shape index (κ3) is 3.48. The van der Waals surface area contributed by atoms with E-state index in [0.717, 1.165) is 30.3 Å². The van der Waals surface area contributed by atoms with Gasteiger partial charge in [0, 0.05) is 30.2 Å². The van der Waals surface area contributed by atoms with E-state index in [1.54, 1.807) is 0 Å². The smallest absolute Gasteiger partial charge is 0.133 e. The second-order valence-electron chi connectivity index (χ2n) is 6.45. The van der Waals surface area contributed by atoms with Crippen molar-refractivity contribution < 1.29 is 5.11 Å². The standard InChI is InChI=1S/C18H22ClN3O/c1-13(2)17-20-10-7-16(21-17)22-11-8-18(23,9-12-22)14-3-5-15(19)6-4-14/h3-7,10,13,23H,8-9,11-12H2,1-2H3. The lowest BCUT2D eigenvalue weighted by Gasteiger charge is -2.39. The fourth-order valence-corrected chi connectivity index (χ4v) is 3.10. The van der Waals surface area contributed by atoms with Crippen LogP contribution in [-0.4, -0.2) is 28.2 Å². The number of aromatic nitrogens is 2. The number of rotatable bonds is 3. The molecular weight excluding hydrogens is 310 g/mol. The maximum absolute atomic E-state index is 10.9. The lowest BCUT2D eigenvalue weighted by atomic mass is 9.84. The highest BCUT2D eigenvalue weighted by Crippen LogP contribution is 2.34. The number of benzene rings is 1. The Morgan fingerprint density at radius 3 is 2.39 bits per heavy atom. The zero-order valence-corrected chi connectivity index (χ0v) is 14.3. The Labute approximate surface area is 142 Å². The number of anilines is 1. The molecule has 0 atom stereocenters. The van der Waals surface area contributed by atoms with E-state index in [4.69, 9.17) is 11.6 Å². The highest BCUT2D eigenvalue weighted by Gasteiger charge is 2.34. The van der Waals surface area contributed by atoms with Crippen molar-refractivity contribution in [3.8, 4) is 0 Å². The van der Waals surface area contributed by atoms with Crippen molar-refractivity contribution >= 4 is 17.4 Å². The highest BCUT2D eigenvalue weighted by atomic mass is 35.5. The quantitative estimate of drug-likeness (QED) is 0.930. The maximum atomic E-state index is 10.9. The molecule has 1 aliphatic heterocycles. The van der Waals surface area contributed by atoms with Crippen molar-refractivity contribution in [3.05, 3.63) is 52.9 Å². The molecule has 23 heavy (non-hydrogen) atoms. The Morgan fingerprint density at radius 1 is 1.13 bits per heavy atom. The SMILES string of the molecule is CC(C)c1nccc(N2CCC(O)(c3ccc(Cl)cc3)CC2)n1. The molecule has 0 bridgehead atoms. The van der Waals surface area contributed by atoms with Crippen LogP contribution in [0.2, 0.25) is 5.02 Å². The van der Waals surface area contributed by atoms with Gasteiger partial charge in [-0.1, -0.05) is 37.6 Å². The first-order chi connectivity index (χ1) is 11.0. The fraction of sp³-hybridized carbons (Fsp3) is 0.444. The van der Waals surface area contributed by atoms with E-state index >= 15 is 0 Å². The van der Waals surface area contributed by atoms with Crippen LogP contribution in [0.1, 0.15) is 44.0 Å². The van der Waals surface area contributed by atoms with Crippen LogP contribution in [0.25, 0.3) is 0 Å². The van der Waals surface area contributed by atoms with Gasteiger partial charge in [0.25, 0.3) is 0 Å². The van der Waals surface area contributed by atoms with Gasteiger partial charge in [-0.15, -0.1) is 0 Å². The van der Waals surface area contributed by atoms with Crippen molar-refractivity contribution in [1.29, 1.82) is 0 Å². The van der Waals surface area contributed by atoms with E-state index in [0.29, 0.717) is 23.8 Å². The Kier molecular flexibility index (Phi) is 4.55. The van der Waals surface area contributed by atoms with Crippen LogP contribution in [-0.2, 0) is 5.60 Å². The molecule has 0 spiro atoms. The lowest BCUT2D eigenvalue weighted by Crippen LogP contribution is -2.43. The average molecular weight is 332 g/mol. The molecule has 5 heteroatoms. The zero-order valence-electron chi connectivity index (χ0n) is 13.5. The van der Waals surface area contributed by atoms with Gasteiger partial charge >= 0.3 is 0 Å². The van der Waals surface area contributed by atoms with Gasteiger partial charge in [0.1, 0.15) is 11.6 Å². The van der Waals surface area contributed by atoms with E-state index in [1.807, 2.05) is 36.5 Å². The molecule has 122 valence electrons. The molecule has 1 fully saturated rings. The largest absolute Gasteiger partial charge is 0.385 e. The molecule has 0 amide bonds. The third-order valence-electron chi connectivity index (χ3n) is 4.47. The van der Waals surface area contributed by atoms with Crippen LogP contribution in [0.3, 0.4) is 0 Å². The minimum Gasteiger partial charge on any atom is -0.385 e. The van der Waals surface area contributed by atoms with E-state index in [2.05, 4.69) is 28.7 Å². The zero-order chi connectivity index (χ0) is 16.4. The number of hydrogen-bond acceptors (Lipinski definition) is 4. The van der Waals surface area contributed by atoms with Crippen LogP contribution in [0, 0.1) is 0 Å². The van der Waals surface area contributed by atoms with Gasteiger partial charge in [0.2, 0.25) is 0 Å². The van der Waals surface area contributed by atoms with E-state index < -0.39 is 5.60 Å². The van der Waals surface area contributed by atoms with Crippen LogP contribution in [0.4, 0.5) is 5.82 Å².